The Morgan fingerprint density at radius 3 is 1.79 bits per heavy atom. The summed E-state index contributed by atoms with van der Waals surface area (Å²) in [5.41, 5.74) is -1.62. The summed E-state index contributed by atoms with van der Waals surface area (Å²) in [5, 5.41) is 18.4. The van der Waals surface area contributed by atoms with Gasteiger partial charge in [0, 0.05) is 0 Å². The number of aliphatic carboxylic acids is 2. The second-order valence-corrected chi connectivity index (χ2v) is 4.90. The van der Waals surface area contributed by atoms with Crippen LogP contribution >= 0.6 is 0 Å². The van der Waals surface area contributed by atoms with Crippen LogP contribution in [-0.4, -0.2) is 22.2 Å². The summed E-state index contributed by atoms with van der Waals surface area (Å²) in [6.07, 6.45) is 5.07. The molecule has 2 N–H and O–H groups in total. The number of unbranched alkanes of at least 4 members (excludes halogenated alkanes) is 4. The fraction of sp³-hybridized carbons (Fsp3) is 0.846. The molecule has 0 aromatic rings. The molecule has 0 amide bonds. The average Bonchev–Trinajstić information content (AvgIpc) is 2.21. The van der Waals surface area contributed by atoms with Crippen LogP contribution in [0.3, 0.4) is 0 Å². The summed E-state index contributed by atoms with van der Waals surface area (Å²) in [7, 11) is 0. The molecule has 4 nitrogen and oxygen atoms in total. The quantitative estimate of drug-likeness (QED) is 0.278. The van der Waals surface area contributed by atoms with Crippen molar-refractivity contribution in [3.8, 4) is 0 Å². The van der Waals surface area contributed by atoms with Crippen LogP contribution < -0.4 is 80.9 Å². The van der Waals surface area contributed by atoms with E-state index in [-0.39, 0.29) is 90.2 Å². The van der Waals surface area contributed by atoms with Crippen molar-refractivity contribution >= 4 is 11.9 Å². The van der Waals surface area contributed by atoms with Gasteiger partial charge in [-0.1, -0.05) is 52.9 Å². The van der Waals surface area contributed by atoms with Crippen molar-refractivity contribution in [1.29, 1.82) is 0 Å². The predicted octanol–water partition coefficient (Wildman–Crippen LogP) is -2.61. The number of carboxylic acid groups (broad SMARTS) is 2. The molecule has 0 atom stereocenters. The molecule has 0 radical (unpaired) electrons. The molecule has 0 aliphatic rings. The third kappa shape index (κ3) is 7.95. The minimum Gasteiger partial charge on any atom is -1.00 e. The van der Waals surface area contributed by atoms with Gasteiger partial charge in [-0.3, -0.25) is 9.59 Å². The molecule has 0 unspecified atom stereocenters. The van der Waals surface area contributed by atoms with Crippen molar-refractivity contribution in [3.05, 3.63) is 0 Å². The second-order valence-electron chi connectivity index (χ2n) is 4.90. The van der Waals surface area contributed by atoms with Gasteiger partial charge in [-0.25, -0.2) is 0 Å². The number of hydrogen-bond acceptors (Lipinski definition) is 2. The maximum Gasteiger partial charge on any atom is 1.00 e. The molecule has 0 spiro atoms. The minimum absolute atomic E-state index is 0. The molecule has 6 heteroatoms. The minimum atomic E-state index is -1.62. The number of carbonyl (C=O) groups is 2. The molecule has 0 aliphatic heterocycles. The molecule has 0 fully saturated rings. The van der Waals surface area contributed by atoms with Gasteiger partial charge in [0.15, 0.2) is 5.41 Å². The zero-order valence-corrected chi connectivity index (χ0v) is 18.2. The first kappa shape index (κ1) is 25.5. The molecule has 0 aromatic heterocycles. The van der Waals surface area contributed by atoms with Gasteiger partial charge in [-0.05, 0) is 12.3 Å². The van der Waals surface area contributed by atoms with E-state index in [1.807, 2.05) is 0 Å². The molecule has 104 valence electrons. The van der Waals surface area contributed by atoms with Gasteiger partial charge in [0.1, 0.15) is 0 Å². The predicted molar refractivity (Wildman–Crippen MR) is 68.1 cm³/mol. The van der Waals surface area contributed by atoms with E-state index in [9.17, 15) is 19.8 Å². The van der Waals surface area contributed by atoms with Crippen molar-refractivity contribution < 1.29 is 104 Å². The van der Waals surface area contributed by atoms with E-state index in [0.717, 1.165) is 25.7 Å². The SMILES string of the molecule is CCCCCCCC(C(=O)O)(C(=O)O)C(C)C.[H-].[H-].[K+].[Na+]. The molecular formula is C13H26KNaO4. The van der Waals surface area contributed by atoms with Crippen molar-refractivity contribution in [1.82, 2.24) is 0 Å². The number of hydrogen-bond donors (Lipinski definition) is 2. The Bertz CT molecular complexity index is 265. The van der Waals surface area contributed by atoms with Gasteiger partial charge >= 0.3 is 92.9 Å². The number of rotatable bonds is 9. The molecule has 19 heavy (non-hydrogen) atoms. The van der Waals surface area contributed by atoms with Crippen molar-refractivity contribution in [3.63, 3.8) is 0 Å². The van der Waals surface area contributed by atoms with Crippen molar-refractivity contribution in [2.45, 2.75) is 59.3 Å². The third-order valence-corrected chi connectivity index (χ3v) is 3.42. The molecule has 0 saturated carbocycles. The van der Waals surface area contributed by atoms with Crippen LogP contribution in [0.4, 0.5) is 0 Å². The van der Waals surface area contributed by atoms with Gasteiger partial charge in [0.2, 0.25) is 0 Å². The first-order chi connectivity index (χ1) is 7.89. The standard InChI is InChI=1S/C13H24O4.K.Na.2H/c1-4-5-6-7-8-9-13(10(2)3,11(14)15)12(16)17;;;;/h10H,4-9H2,1-3H3,(H,14,15)(H,16,17);;;;/q;2*+1;2*-1. The average molecular weight is 308 g/mol. The maximum atomic E-state index is 11.2. The third-order valence-electron chi connectivity index (χ3n) is 3.42. The topological polar surface area (TPSA) is 74.6 Å². The Morgan fingerprint density at radius 2 is 1.47 bits per heavy atom. The van der Waals surface area contributed by atoms with Gasteiger partial charge in [0.05, 0.1) is 0 Å². The van der Waals surface area contributed by atoms with Gasteiger partial charge in [-0.15, -0.1) is 0 Å². The summed E-state index contributed by atoms with van der Waals surface area (Å²) < 4.78 is 0. The first-order valence-corrected chi connectivity index (χ1v) is 6.36. The molecule has 0 aromatic carbocycles. The zero-order chi connectivity index (χ0) is 13.5. The van der Waals surface area contributed by atoms with Crippen LogP contribution in [0, 0.1) is 11.3 Å². The molecule has 0 aliphatic carbocycles. The first-order valence-electron chi connectivity index (χ1n) is 6.36. The van der Waals surface area contributed by atoms with Crippen LogP contribution in [0.15, 0.2) is 0 Å². The maximum absolute atomic E-state index is 11.2. The smallest absolute Gasteiger partial charge is 1.00 e. The Balaban J connectivity index is -0.000000213. The van der Waals surface area contributed by atoms with E-state index in [4.69, 9.17) is 0 Å². The fourth-order valence-electron chi connectivity index (χ4n) is 2.10. The molecular weight excluding hydrogens is 282 g/mol. The second kappa shape index (κ2) is 13.3. The van der Waals surface area contributed by atoms with E-state index in [1.54, 1.807) is 13.8 Å². The van der Waals surface area contributed by atoms with Crippen molar-refractivity contribution in [2.24, 2.45) is 11.3 Å². The summed E-state index contributed by atoms with van der Waals surface area (Å²) in [6, 6.07) is 0. The monoisotopic (exact) mass is 308 g/mol. The van der Waals surface area contributed by atoms with E-state index >= 15 is 0 Å². The fourth-order valence-corrected chi connectivity index (χ4v) is 2.10. The molecule has 0 bridgehead atoms. The Kier molecular flexibility index (Phi) is 17.8. The van der Waals surface area contributed by atoms with E-state index in [0.29, 0.717) is 6.42 Å². The van der Waals surface area contributed by atoms with E-state index < -0.39 is 23.3 Å². The van der Waals surface area contributed by atoms with Gasteiger partial charge < -0.3 is 13.1 Å². The summed E-state index contributed by atoms with van der Waals surface area (Å²) in [4.78, 5) is 22.5. The zero-order valence-electron chi connectivity index (χ0n) is 15.0. The Morgan fingerprint density at radius 1 is 1.05 bits per heavy atom. The van der Waals surface area contributed by atoms with Crippen molar-refractivity contribution in [2.75, 3.05) is 0 Å². The number of carboxylic acids is 2. The van der Waals surface area contributed by atoms with E-state index in [1.165, 1.54) is 0 Å². The van der Waals surface area contributed by atoms with Gasteiger partial charge in [-0.2, -0.15) is 0 Å². The Labute approximate surface area is 183 Å². The van der Waals surface area contributed by atoms with Crippen LogP contribution in [0.5, 0.6) is 0 Å². The van der Waals surface area contributed by atoms with Gasteiger partial charge in [0.25, 0.3) is 0 Å². The molecule has 0 heterocycles. The van der Waals surface area contributed by atoms with Crippen LogP contribution in [-0.2, 0) is 9.59 Å². The Hall–Kier alpha value is 1.58. The molecule has 0 saturated heterocycles. The van der Waals surface area contributed by atoms with E-state index in [2.05, 4.69) is 6.92 Å². The van der Waals surface area contributed by atoms with Crippen LogP contribution in [0.25, 0.3) is 0 Å². The summed E-state index contributed by atoms with van der Waals surface area (Å²) in [6.45, 7) is 5.43. The van der Waals surface area contributed by atoms with Crippen LogP contribution in [0.2, 0.25) is 0 Å². The summed E-state index contributed by atoms with van der Waals surface area (Å²) >= 11 is 0. The summed E-state index contributed by atoms with van der Waals surface area (Å²) in [5.74, 6) is -2.82. The normalized spacial score (nSPS) is 10.5. The van der Waals surface area contributed by atoms with Crippen LogP contribution in [0.1, 0.15) is 62.1 Å². The largest absolute Gasteiger partial charge is 1.00 e. The molecule has 0 rings (SSSR count).